The Hall–Kier alpha value is -8.55. The van der Waals surface area contributed by atoms with E-state index in [0.717, 1.165) is 91.9 Å². The van der Waals surface area contributed by atoms with Gasteiger partial charge >= 0.3 is 0 Å². The summed E-state index contributed by atoms with van der Waals surface area (Å²) in [6.07, 6.45) is 12.6. The first kappa shape index (κ1) is 74.5. The van der Waals surface area contributed by atoms with E-state index in [1.54, 1.807) is 6.33 Å². The molecule has 0 amide bonds. The molecule has 0 aliphatic rings. The molecule has 0 spiro atoms. The molecule has 9 heterocycles. The average Bonchev–Trinajstić information content (AvgIpc) is 2.99. The second kappa shape index (κ2) is 36.9. The summed E-state index contributed by atoms with van der Waals surface area (Å²) in [5, 5.41) is 21.9. The Morgan fingerprint density at radius 2 is 0.612 bits per heavy atom. The van der Waals surface area contributed by atoms with E-state index in [9.17, 15) is 0 Å². The molecule has 0 unspecified atom stereocenters. The van der Waals surface area contributed by atoms with Gasteiger partial charge in [0.05, 0.1) is 110 Å². The van der Waals surface area contributed by atoms with Crippen molar-refractivity contribution in [3.63, 3.8) is 0 Å². The summed E-state index contributed by atoms with van der Waals surface area (Å²) in [6.45, 7) is 40.2. The minimum Gasteiger partial charge on any atom is -0.264 e. The zero-order chi connectivity index (χ0) is 65.0. The summed E-state index contributed by atoms with van der Waals surface area (Å²) < 4.78 is 19.8. The first-order chi connectivity index (χ1) is 40.5. The van der Waals surface area contributed by atoms with E-state index < -0.39 is 0 Å². The lowest BCUT2D eigenvalue weighted by Gasteiger charge is -2.02. The summed E-state index contributed by atoms with van der Waals surface area (Å²) in [7, 11) is 19.9. The Labute approximate surface area is 509 Å². The number of nitrogens with zero attached hydrogens (tertiary/aromatic N) is 20. The van der Waals surface area contributed by atoms with Gasteiger partial charge in [0.2, 0.25) is 0 Å². The molecule has 0 atom stereocenters. The second-order valence-electron chi connectivity index (χ2n) is 18.6. The van der Waals surface area contributed by atoms with Crippen molar-refractivity contribution in [3.8, 4) is 56.9 Å². The number of benzene rings is 1. The number of aromatic nitrogens is 20. The fourth-order valence-electron chi connectivity index (χ4n) is 8.86. The molecule has 10 aromatic rings. The molecule has 0 N–H and O–H groups in total. The van der Waals surface area contributed by atoms with Gasteiger partial charge in [-0.3, -0.25) is 15.0 Å². The number of pyridine rings is 3. The van der Waals surface area contributed by atoms with Crippen molar-refractivity contribution >= 4 is 0 Å². The van der Waals surface area contributed by atoms with Crippen molar-refractivity contribution in [1.82, 2.24) is 73.8 Å². The predicted molar refractivity (Wildman–Crippen MR) is 342 cm³/mol. The number of hydrogen-bond donors (Lipinski definition) is 0. The van der Waals surface area contributed by atoms with Gasteiger partial charge < -0.3 is 0 Å². The van der Waals surface area contributed by atoms with Crippen molar-refractivity contribution in [2.75, 3.05) is 0 Å². The molecule has 0 aliphatic heterocycles. The van der Waals surface area contributed by atoms with E-state index in [0.29, 0.717) is 0 Å². The van der Waals surface area contributed by atoms with Crippen LogP contribution in [0.3, 0.4) is 0 Å². The van der Waals surface area contributed by atoms with Crippen LogP contribution in [0.1, 0.15) is 126 Å². The first-order valence-electron chi connectivity index (χ1n) is 29.6. The normalized spacial score (nSPS) is 9.76. The SMILES string of the molecule is CC.CC.CC.CC.CC.Cc1ccccc1-c1n(C)nc(C)[n+]1C.Cc1ccncc1-c1n(C)nc(C)[n+]1C.Cc1cnccc1-c1n(C)nc(C)[n+]1C.Cc1ncccc1-c1n(C)nc(C)[n+]1C.Cc1ncncc1-c1n(C)nc(C)[n+]1C. The molecule has 460 valence electrons. The van der Waals surface area contributed by atoms with Gasteiger partial charge in [0.25, 0.3) is 58.2 Å². The van der Waals surface area contributed by atoms with Crippen molar-refractivity contribution in [1.29, 1.82) is 0 Å². The minimum absolute atomic E-state index is 0.962. The van der Waals surface area contributed by atoms with E-state index in [4.69, 9.17) is 0 Å². The quantitative estimate of drug-likeness (QED) is 0.151. The molecule has 1 aromatic carbocycles. The molecule has 0 bridgehead atoms. The summed E-state index contributed by atoms with van der Waals surface area (Å²) in [4.78, 5) is 20.8. The molecule has 20 nitrogen and oxygen atoms in total. The summed E-state index contributed by atoms with van der Waals surface area (Å²) >= 11 is 0. The summed E-state index contributed by atoms with van der Waals surface area (Å²) in [5.74, 6) is 10.4. The average molecular weight is 1170 g/mol. The van der Waals surface area contributed by atoms with Crippen LogP contribution in [-0.2, 0) is 70.5 Å². The third kappa shape index (κ3) is 19.0. The van der Waals surface area contributed by atoms with Crippen molar-refractivity contribution in [3.05, 3.63) is 149 Å². The highest BCUT2D eigenvalue weighted by atomic mass is 15.4. The summed E-state index contributed by atoms with van der Waals surface area (Å²) in [5.41, 5.74) is 11.3. The van der Waals surface area contributed by atoms with E-state index in [2.05, 4.69) is 120 Å². The van der Waals surface area contributed by atoms with Crippen molar-refractivity contribution in [2.24, 2.45) is 70.5 Å². The maximum absolute atomic E-state index is 4.41. The number of aryl methyl sites for hydroxylation is 15. The predicted octanol–water partition coefficient (Wildman–Crippen LogP) is 9.75. The van der Waals surface area contributed by atoms with Crippen LogP contribution in [0.25, 0.3) is 56.9 Å². The molecule has 10 rings (SSSR count). The largest absolute Gasteiger partial charge is 0.274 e. The molecule has 20 heteroatoms. The third-order valence-electron chi connectivity index (χ3n) is 13.3. The second-order valence-corrected chi connectivity index (χ2v) is 18.6. The molecule has 0 fully saturated rings. The lowest BCUT2D eigenvalue weighted by atomic mass is 10.1. The highest BCUT2D eigenvalue weighted by Gasteiger charge is 2.25. The van der Waals surface area contributed by atoms with E-state index >= 15 is 0 Å². The fraction of sp³-hybridized carbons (Fsp3) is 0.462. The van der Waals surface area contributed by atoms with Gasteiger partial charge in [-0.25, -0.2) is 32.8 Å². The van der Waals surface area contributed by atoms with Crippen molar-refractivity contribution < 1.29 is 22.8 Å². The molecular weight excluding hydrogens is 1060 g/mol. The van der Waals surface area contributed by atoms with Crippen LogP contribution in [0.2, 0.25) is 0 Å². The molecule has 0 radical (unpaired) electrons. The van der Waals surface area contributed by atoms with Crippen LogP contribution in [0, 0.1) is 69.2 Å². The Balaban J connectivity index is 0.000000511. The van der Waals surface area contributed by atoms with Gasteiger partial charge in [-0.1, -0.05) is 87.4 Å². The van der Waals surface area contributed by atoms with Crippen LogP contribution in [0.15, 0.2) is 92.0 Å². The van der Waals surface area contributed by atoms with Crippen molar-refractivity contribution in [2.45, 2.75) is 138 Å². The van der Waals surface area contributed by atoms with Gasteiger partial charge in [-0.2, -0.15) is 0 Å². The van der Waals surface area contributed by atoms with E-state index in [1.165, 1.54) is 22.3 Å². The number of rotatable bonds is 5. The standard InChI is InChI=1S/C12H16N3.3C11H15N4.C10H14N5.5C2H6/c1-9-7-5-6-8-11(9)12-14(3)10(2)13-15(12)4;1-8-7-12-6-5-10(8)11-14(3)9(2)13-15(11)4;1-8-5-6-12-7-10(8)11-14(3)9(2)13-15(11)4;1-8-10(6-5-7-12-8)11-14(3)9(2)13-15(11)4;1-7-9(5-11-6-12-7)10-14(3)8(2)13-15(10)4;5*1-2/h5-8H,1-4H3;3*5-7H,1-4H3;5-6H,1-4H3;5*1-2H3/q5*+1;;;;;. The van der Waals surface area contributed by atoms with Gasteiger partial charge in [-0.15, -0.1) is 23.4 Å². The zero-order valence-corrected chi connectivity index (χ0v) is 57.6. The Bertz CT molecular complexity index is 3040. The lowest BCUT2D eigenvalue weighted by Crippen LogP contribution is -2.32. The lowest BCUT2D eigenvalue weighted by molar-refractivity contribution is -0.667. The molecule has 85 heavy (non-hydrogen) atoms. The minimum atomic E-state index is 0.962. The van der Waals surface area contributed by atoms with Gasteiger partial charge in [0.15, 0.2) is 0 Å². The Morgan fingerprint density at radius 1 is 0.294 bits per heavy atom. The monoisotopic (exact) mass is 1170 g/mol. The Kier molecular flexibility index (Phi) is 32.3. The molecular formula is C65H105N20+5. The maximum atomic E-state index is 4.41. The van der Waals surface area contributed by atoms with Crippen LogP contribution in [-0.4, -0.2) is 73.8 Å². The first-order valence-corrected chi connectivity index (χ1v) is 29.6. The van der Waals surface area contributed by atoms with Crippen LogP contribution >= 0.6 is 0 Å². The smallest absolute Gasteiger partial charge is 0.264 e. The van der Waals surface area contributed by atoms with E-state index in [1.807, 2.05) is 272 Å². The molecule has 9 aromatic heterocycles. The van der Waals surface area contributed by atoms with Gasteiger partial charge in [0.1, 0.15) is 6.33 Å². The molecule has 0 saturated heterocycles. The number of hydrogen-bond acceptors (Lipinski definition) is 10. The zero-order valence-electron chi connectivity index (χ0n) is 57.6. The van der Waals surface area contributed by atoms with Gasteiger partial charge in [-0.05, 0) is 81.6 Å². The van der Waals surface area contributed by atoms with Crippen LogP contribution in [0.4, 0.5) is 0 Å². The van der Waals surface area contributed by atoms with Gasteiger partial charge in [0, 0.05) is 97.3 Å². The van der Waals surface area contributed by atoms with Crippen LogP contribution < -0.4 is 22.8 Å². The fourth-order valence-corrected chi connectivity index (χ4v) is 8.86. The Morgan fingerprint density at radius 3 is 0.976 bits per heavy atom. The highest BCUT2D eigenvalue weighted by molar-refractivity contribution is 5.59. The maximum Gasteiger partial charge on any atom is 0.274 e. The van der Waals surface area contributed by atoms with Crippen LogP contribution in [0.5, 0.6) is 0 Å². The summed E-state index contributed by atoms with van der Waals surface area (Å²) in [6, 6.07) is 16.4. The molecule has 0 saturated carbocycles. The van der Waals surface area contributed by atoms with E-state index in [-0.39, 0.29) is 0 Å². The third-order valence-corrected chi connectivity index (χ3v) is 13.3. The highest BCUT2D eigenvalue weighted by Crippen LogP contribution is 2.22. The topological polar surface area (TPSA) is 173 Å². The molecule has 0 aliphatic carbocycles.